The number of fused-ring (bicyclic) bond motifs is 5. The van der Waals surface area contributed by atoms with Crippen LogP contribution in [0.5, 0.6) is 0 Å². The lowest BCUT2D eigenvalue weighted by Gasteiger charge is -2.38. The van der Waals surface area contributed by atoms with Gasteiger partial charge < -0.3 is 5.32 Å². The van der Waals surface area contributed by atoms with Crippen LogP contribution in [0.25, 0.3) is 0 Å². The van der Waals surface area contributed by atoms with Gasteiger partial charge in [-0.3, -0.25) is 0 Å². The molecule has 0 bridgehead atoms. The summed E-state index contributed by atoms with van der Waals surface area (Å²) in [6, 6.07) is 29.1. The highest BCUT2D eigenvalue weighted by Crippen LogP contribution is 2.53. The van der Waals surface area contributed by atoms with Crippen molar-refractivity contribution in [1.82, 2.24) is 0 Å². The summed E-state index contributed by atoms with van der Waals surface area (Å²) < 4.78 is 0. The maximum absolute atomic E-state index is 3.82. The SMILES string of the molecule is c1ccc([C@H]2Nc3ccccc3[C@H]3c4ccccc4C[C@H]32)cc1. The molecule has 0 fully saturated rings. The minimum Gasteiger partial charge on any atom is -0.378 e. The summed E-state index contributed by atoms with van der Waals surface area (Å²) in [6.07, 6.45) is 1.15. The van der Waals surface area contributed by atoms with Gasteiger partial charge in [-0.2, -0.15) is 0 Å². The number of benzene rings is 3. The lowest BCUT2D eigenvalue weighted by Crippen LogP contribution is -2.30. The van der Waals surface area contributed by atoms with Crippen molar-refractivity contribution >= 4 is 5.69 Å². The summed E-state index contributed by atoms with van der Waals surface area (Å²) in [4.78, 5) is 0. The van der Waals surface area contributed by atoms with Gasteiger partial charge in [0.1, 0.15) is 0 Å². The number of hydrogen-bond acceptors (Lipinski definition) is 1. The molecule has 0 spiro atoms. The zero-order valence-corrected chi connectivity index (χ0v) is 12.9. The fourth-order valence-corrected chi connectivity index (χ4v) is 4.50. The average molecular weight is 297 g/mol. The molecule has 2 aliphatic rings. The van der Waals surface area contributed by atoms with E-state index < -0.39 is 0 Å². The van der Waals surface area contributed by atoms with Gasteiger partial charge in [0.2, 0.25) is 0 Å². The largest absolute Gasteiger partial charge is 0.378 e. The van der Waals surface area contributed by atoms with E-state index in [-0.39, 0.29) is 0 Å². The van der Waals surface area contributed by atoms with E-state index >= 15 is 0 Å². The molecular formula is C22H19N. The Kier molecular flexibility index (Phi) is 2.81. The molecule has 0 saturated carbocycles. The molecule has 0 unspecified atom stereocenters. The predicted molar refractivity (Wildman–Crippen MR) is 94.7 cm³/mol. The van der Waals surface area contributed by atoms with Crippen molar-refractivity contribution in [2.45, 2.75) is 18.4 Å². The number of para-hydroxylation sites is 1. The third-order valence-corrected chi connectivity index (χ3v) is 5.47. The summed E-state index contributed by atoms with van der Waals surface area (Å²) in [5, 5.41) is 3.82. The Morgan fingerprint density at radius 1 is 0.696 bits per heavy atom. The normalized spacial score (nSPS) is 24.3. The first kappa shape index (κ1) is 13.0. The fraction of sp³-hybridized carbons (Fsp3) is 0.182. The highest BCUT2D eigenvalue weighted by molar-refractivity contribution is 5.62. The van der Waals surface area contributed by atoms with Crippen molar-refractivity contribution in [3.8, 4) is 0 Å². The number of nitrogens with one attached hydrogen (secondary N) is 1. The first-order chi connectivity index (χ1) is 11.4. The van der Waals surface area contributed by atoms with E-state index in [0.717, 1.165) is 6.42 Å². The second-order valence-corrected chi connectivity index (χ2v) is 6.66. The zero-order chi connectivity index (χ0) is 15.2. The fourth-order valence-electron chi connectivity index (χ4n) is 4.50. The minimum atomic E-state index is 0.378. The highest BCUT2D eigenvalue weighted by Gasteiger charge is 2.42. The second kappa shape index (κ2) is 4.99. The van der Waals surface area contributed by atoms with Gasteiger partial charge in [-0.05, 0) is 40.7 Å². The van der Waals surface area contributed by atoms with Crippen LogP contribution in [0.1, 0.15) is 34.2 Å². The van der Waals surface area contributed by atoms with Crippen LogP contribution in [0, 0.1) is 5.92 Å². The summed E-state index contributed by atoms with van der Waals surface area (Å²) in [7, 11) is 0. The van der Waals surface area contributed by atoms with Crippen LogP contribution in [0.15, 0.2) is 78.9 Å². The average Bonchev–Trinajstić information content (AvgIpc) is 3.01. The third-order valence-electron chi connectivity index (χ3n) is 5.47. The van der Waals surface area contributed by atoms with Crippen molar-refractivity contribution in [1.29, 1.82) is 0 Å². The molecule has 3 aromatic carbocycles. The molecule has 1 aliphatic heterocycles. The Bertz CT molecular complexity index is 853. The quantitative estimate of drug-likeness (QED) is 0.654. The smallest absolute Gasteiger partial charge is 0.0554 e. The Balaban J connectivity index is 1.70. The zero-order valence-electron chi connectivity index (χ0n) is 12.9. The Hall–Kier alpha value is -2.54. The third kappa shape index (κ3) is 1.93. The molecule has 1 nitrogen and oxygen atoms in total. The lowest BCUT2D eigenvalue weighted by atomic mass is 9.76. The molecule has 23 heavy (non-hydrogen) atoms. The van der Waals surface area contributed by atoms with Crippen molar-refractivity contribution in [2.75, 3.05) is 5.32 Å². The van der Waals surface area contributed by atoms with E-state index in [1.165, 1.54) is 27.9 Å². The molecule has 1 heterocycles. The van der Waals surface area contributed by atoms with E-state index in [9.17, 15) is 0 Å². The maximum atomic E-state index is 3.82. The molecule has 3 aromatic rings. The number of hydrogen-bond donors (Lipinski definition) is 1. The molecule has 0 radical (unpaired) electrons. The van der Waals surface area contributed by atoms with E-state index in [2.05, 4.69) is 84.2 Å². The Morgan fingerprint density at radius 3 is 2.26 bits per heavy atom. The Morgan fingerprint density at radius 2 is 1.39 bits per heavy atom. The van der Waals surface area contributed by atoms with Gasteiger partial charge in [-0.25, -0.2) is 0 Å². The minimum absolute atomic E-state index is 0.378. The van der Waals surface area contributed by atoms with E-state index in [0.29, 0.717) is 17.9 Å². The molecule has 5 rings (SSSR count). The summed E-state index contributed by atoms with van der Waals surface area (Å²) in [5.74, 6) is 1.10. The van der Waals surface area contributed by atoms with Gasteiger partial charge in [-0.15, -0.1) is 0 Å². The van der Waals surface area contributed by atoms with Crippen LogP contribution in [0.4, 0.5) is 5.69 Å². The van der Waals surface area contributed by atoms with Gasteiger partial charge >= 0.3 is 0 Å². The summed E-state index contributed by atoms with van der Waals surface area (Å²) in [5.41, 5.74) is 7.17. The van der Waals surface area contributed by atoms with E-state index in [1.54, 1.807) is 0 Å². The molecule has 112 valence electrons. The Labute approximate surface area is 137 Å². The number of anilines is 1. The van der Waals surface area contributed by atoms with Gasteiger partial charge in [0, 0.05) is 11.6 Å². The van der Waals surface area contributed by atoms with Crippen LogP contribution < -0.4 is 5.32 Å². The topological polar surface area (TPSA) is 12.0 Å². The van der Waals surface area contributed by atoms with E-state index in [1.807, 2.05) is 0 Å². The van der Waals surface area contributed by atoms with Crippen LogP contribution >= 0.6 is 0 Å². The van der Waals surface area contributed by atoms with Crippen molar-refractivity contribution in [3.05, 3.63) is 101 Å². The number of rotatable bonds is 1. The first-order valence-electron chi connectivity index (χ1n) is 8.40. The maximum Gasteiger partial charge on any atom is 0.0554 e. The molecule has 1 heteroatoms. The van der Waals surface area contributed by atoms with Crippen molar-refractivity contribution in [2.24, 2.45) is 5.92 Å². The van der Waals surface area contributed by atoms with Gasteiger partial charge in [0.05, 0.1) is 6.04 Å². The van der Waals surface area contributed by atoms with Gasteiger partial charge in [0.15, 0.2) is 0 Å². The molecule has 0 amide bonds. The van der Waals surface area contributed by atoms with Gasteiger partial charge in [0.25, 0.3) is 0 Å². The second-order valence-electron chi connectivity index (χ2n) is 6.66. The van der Waals surface area contributed by atoms with Crippen LogP contribution in [-0.2, 0) is 6.42 Å². The van der Waals surface area contributed by atoms with Gasteiger partial charge in [-0.1, -0.05) is 72.8 Å². The predicted octanol–water partition coefficient (Wildman–Crippen LogP) is 5.16. The van der Waals surface area contributed by atoms with Crippen LogP contribution in [0.2, 0.25) is 0 Å². The molecule has 1 N–H and O–H groups in total. The monoisotopic (exact) mass is 297 g/mol. The molecule has 1 aliphatic carbocycles. The van der Waals surface area contributed by atoms with E-state index in [4.69, 9.17) is 0 Å². The first-order valence-corrected chi connectivity index (χ1v) is 8.40. The standard InChI is InChI=1S/C22H19N/c1-2-8-15(9-3-1)22-19-14-16-10-4-5-11-17(16)21(19)18-12-6-7-13-20(18)23-22/h1-13,19,21-23H,14H2/t19-,21-,22-/m1/s1. The van der Waals surface area contributed by atoms with Crippen LogP contribution in [-0.4, -0.2) is 0 Å². The van der Waals surface area contributed by atoms with Crippen LogP contribution in [0.3, 0.4) is 0 Å². The molecule has 0 aromatic heterocycles. The van der Waals surface area contributed by atoms with Crippen molar-refractivity contribution in [3.63, 3.8) is 0 Å². The molecular weight excluding hydrogens is 278 g/mol. The molecule has 3 atom stereocenters. The highest BCUT2D eigenvalue weighted by atomic mass is 15.0. The summed E-state index contributed by atoms with van der Waals surface area (Å²) in [6.45, 7) is 0. The summed E-state index contributed by atoms with van der Waals surface area (Å²) >= 11 is 0. The lowest BCUT2D eigenvalue weighted by molar-refractivity contribution is 0.421. The molecule has 0 saturated heterocycles. The van der Waals surface area contributed by atoms with Crippen molar-refractivity contribution < 1.29 is 0 Å².